The first-order valence-corrected chi connectivity index (χ1v) is 12.1. The Labute approximate surface area is 178 Å². The third-order valence-electron chi connectivity index (χ3n) is 6.01. The molecule has 0 spiro atoms. The zero-order valence-electron chi connectivity index (χ0n) is 17.0. The third kappa shape index (κ3) is 5.47. The van der Waals surface area contributed by atoms with Crippen LogP contribution in [0.25, 0.3) is 0 Å². The van der Waals surface area contributed by atoms with E-state index in [0.29, 0.717) is 24.5 Å². The maximum atomic E-state index is 12.2. The molecule has 2 aromatic carbocycles. The molecule has 0 unspecified atom stereocenters. The monoisotopic (exact) mass is 427 g/mol. The zero-order valence-corrected chi connectivity index (χ0v) is 17.9. The van der Waals surface area contributed by atoms with E-state index in [9.17, 15) is 13.2 Å². The molecule has 0 radical (unpaired) electrons. The summed E-state index contributed by atoms with van der Waals surface area (Å²) in [5.41, 5.74) is 1.42. The molecule has 1 aliphatic carbocycles. The van der Waals surface area contributed by atoms with Gasteiger partial charge in [0, 0.05) is 31.0 Å². The topological polar surface area (TPSA) is 78.5 Å². The second-order valence-corrected chi connectivity index (χ2v) is 9.92. The Bertz CT molecular complexity index is 942. The highest BCUT2D eigenvalue weighted by Gasteiger charge is 2.39. The molecule has 1 aliphatic heterocycles. The number of benzene rings is 2. The Morgan fingerprint density at radius 2 is 1.60 bits per heavy atom. The van der Waals surface area contributed by atoms with Gasteiger partial charge in [0.15, 0.2) is 0 Å². The predicted octanol–water partition coefficient (Wildman–Crippen LogP) is 2.49. The van der Waals surface area contributed by atoms with E-state index in [0.717, 1.165) is 25.9 Å². The Morgan fingerprint density at radius 1 is 0.967 bits per heavy atom. The number of likely N-dealkylation sites (tertiary alicyclic amines) is 1. The van der Waals surface area contributed by atoms with Crippen LogP contribution in [0.15, 0.2) is 65.6 Å². The van der Waals surface area contributed by atoms with Gasteiger partial charge in [-0.15, -0.1) is 0 Å². The number of nitrogens with one attached hydrogen (secondary N) is 2. The van der Waals surface area contributed by atoms with Crippen LogP contribution in [0.4, 0.5) is 0 Å². The minimum absolute atomic E-state index is 0.110. The van der Waals surface area contributed by atoms with Gasteiger partial charge < -0.3 is 10.2 Å². The van der Waals surface area contributed by atoms with Gasteiger partial charge in [-0.05, 0) is 50.0 Å². The van der Waals surface area contributed by atoms with Gasteiger partial charge in [0.05, 0.1) is 4.90 Å². The summed E-state index contributed by atoms with van der Waals surface area (Å²) < 4.78 is 26.6. The van der Waals surface area contributed by atoms with Gasteiger partial charge in [-0.3, -0.25) is 4.79 Å². The number of hydrogen-bond donors (Lipinski definition) is 2. The molecule has 1 saturated carbocycles. The summed E-state index contributed by atoms with van der Waals surface area (Å²) in [6, 6.07) is 19.8. The van der Waals surface area contributed by atoms with Crippen molar-refractivity contribution in [2.75, 3.05) is 19.6 Å². The molecule has 2 fully saturated rings. The smallest absolute Gasteiger partial charge is 0.264 e. The molecule has 1 saturated heterocycles. The number of rotatable bonds is 8. The molecule has 4 rings (SSSR count). The third-order valence-corrected chi connectivity index (χ3v) is 7.40. The lowest BCUT2D eigenvalue weighted by molar-refractivity contribution is -0.119. The van der Waals surface area contributed by atoms with Crippen molar-refractivity contribution in [3.8, 4) is 0 Å². The Morgan fingerprint density at radius 3 is 2.27 bits per heavy atom. The lowest BCUT2D eigenvalue weighted by Gasteiger charge is -2.32. The van der Waals surface area contributed by atoms with Crippen LogP contribution in [0.1, 0.15) is 37.2 Å². The Hall–Kier alpha value is -2.22. The van der Waals surface area contributed by atoms with Crippen molar-refractivity contribution >= 4 is 15.9 Å². The van der Waals surface area contributed by atoms with Crippen LogP contribution < -0.4 is 10.0 Å². The van der Waals surface area contributed by atoms with Crippen LogP contribution in [0.3, 0.4) is 0 Å². The van der Waals surface area contributed by atoms with Crippen LogP contribution in [0.5, 0.6) is 0 Å². The number of piperidine rings is 1. The van der Waals surface area contributed by atoms with E-state index >= 15 is 0 Å². The zero-order chi connectivity index (χ0) is 21.0. The first-order chi connectivity index (χ1) is 14.5. The number of carbonyl (C=O) groups excluding carboxylic acids is 1. The maximum Gasteiger partial charge on any atom is 0.264 e. The van der Waals surface area contributed by atoms with Gasteiger partial charge in [0.2, 0.25) is 5.91 Å². The molecule has 7 heteroatoms. The molecule has 2 atom stereocenters. The molecule has 1 amide bonds. The summed E-state index contributed by atoms with van der Waals surface area (Å²) >= 11 is 0. The fraction of sp³-hybridized carbons (Fsp3) is 0.435. The van der Waals surface area contributed by atoms with Gasteiger partial charge >= 0.3 is 0 Å². The van der Waals surface area contributed by atoms with Crippen LogP contribution >= 0.6 is 0 Å². The minimum Gasteiger partial charge on any atom is -0.311 e. The van der Waals surface area contributed by atoms with E-state index in [1.165, 1.54) is 24.1 Å². The predicted molar refractivity (Wildman–Crippen MR) is 117 cm³/mol. The summed E-state index contributed by atoms with van der Waals surface area (Å²) in [5, 5.41) is 3.79. The Kier molecular flexibility index (Phi) is 6.51. The molecule has 2 N–H and O–H groups in total. The van der Waals surface area contributed by atoms with E-state index in [1.807, 2.05) is 0 Å². The average molecular weight is 428 g/mol. The quantitative estimate of drug-likeness (QED) is 0.677. The molecular formula is C23H29N3O3S. The molecule has 0 aromatic heterocycles. The van der Waals surface area contributed by atoms with Crippen molar-refractivity contribution in [2.45, 2.75) is 48.6 Å². The van der Waals surface area contributed by atoms with E-state index < -0.39 is 15.9 Å². The minimum atomic E-state index is -3.78. The standard InChI is InChI=1S/C23H29N3O3S/c27-23(25-30(28,29)20-9-5-2-6-10-20)13-16-26-14-11-19(12-15-26)24-22-17-21(22)18-7-3-1-4-8-18/h1-10,19,21-22,24H,11-17H2,(H,25,27)/t21-,22+/m0/s1. The van der Waals surface area contributed by atoms with E-state index in [-0.39, 0.29) is 11.3 Å². The molecule has 6 nitrogen and oxygen atoms in total. The normalized spacial score (nSPS) is 22.5. The van der Waals surface area contributed by atoms with Crippen molar-refractivity contribution < 1.29 is 13.2 Å². The summed E-state index contributed by atoms with van der Waals surface area (Å²) in [7, 11) is -3.78. The van der Waals surface area contributed by atoms with Crippen LogP contribution in [0.2, 0.25) is 0 Å². The second kappa shape index (κ2) is 9.29. The number of sulfonamides is 1. The second-order valence-electron chi connectivity index (χ2n) is 8.23. The van der Waals surface area contributed by atoms with Crippen LogP contribution in [-0.4, -0.2) is 50.9 Å². The van der Waals surface area contributed by atoms with Crippen LogP contribution in [-0.2, 0) is 14.8 Å². The first-order valence-electron chi connectivity index (χ1n) is 10.7. The molecule has 2 aliphatic rings. The SMILES string of the molecule is O=C(CCN1CCC(N[C@@H]2C[C@H]2c2ccccc2)CC1)NS(=O)(=O)c1ccccc1. The molecule has 30 heavy (non-hydrogen) atoms. The van der Waals surface area contributed by atoms with Crippen molar-refractivity contribution in [3.63, 3.8) is 0 Å². The largest absolute Gasteiger partial charge is 0.311 e. The van der Waals surface area contributed by atoms with Gasteiger partial charge in [-0.2, -0.15) is 0 Å². The average Bonchev–Trinajstić information content (AvgIpc) is 3.53. The summed E-state index contributed by atoms with van der Waals surface area (Å²) in [6.45, 7) is 2.44. The first kappa shape index (κ1) is 21.0. The lowest BCUT2D eigenvalue weighted by atomic mass is 10.0. The van der Waals surface area contributed by atoms with Crippen molar-refractivity contribution in [2.24, 2.45) is 0 Å². The fourth-order valence-corrected chi connectivity index (χ4v) is 5.23. The fourth-order valence-electron chi connectivity index (χ4n) is 4.19. The highest BCUT2D eigenvalue weighted by molar-refractivity contribution is 7.90. The maximum absolute atomic E-state index is 12.2. The lowest BCUT2D eigenvalue weighted by Crippen LogP contribution is -2.44. The van der Waals surface area contributed by atoms with Crippen molar-refractivity contribution in [1.29, 1.82) is 0 Å². The van der Waals surface area contributed by atoms with Gasteiger partial charge in [-0.1, -0.05) is 48.5 Å². The summed E-state index contributed by atoms with van der Waals surface area (Å²) in [4.78, 5) is 14.5. The van der Waals surface area contributed by atoms with Gasteiger partial charge in [0.1, 0.15) is 0 Å². The summed E-state index contributed by atoms with van der Waals surface area (Å²) in [6.07, 6.45) is 3.51. The summed E-state index contributed by atoms with van der Waals surface area (Å²) in [5.74, 6) is 0.183. The van der Waals surface area contributed by atoms with Gasteiger partial charge in [0.25, 0.3) is 10.0 Å². The van der Waals surface area contributed by atoms with Crippen molar-refractivity contribution in [1.82, 2.24) is 14.9 Å². The Balaban J connectivity index is 1.15. The number of nitrogens with zero attached hydrogens (tertiary/aromatic N) is 1. The van der Waals surface area contributed by atoms with E-state index in [4.69, 9.17) is 0 Å². The number of hydrogen-bond acceptors (Lipinski definition) is 5. The molecule has 160 valence electrons. The molecule has 2 aromatic rings. The van der Waals surface area contributed by atoms with Crippen molar-refractivity contribution in [3.05, 3.63) is 66.2 Å². The molecule has 1 heterocycles. The molecular weight excluding hydrogens is 398 g/mol. The number of amides is 1. The highest BCUT2D eigenvalue weighted by Crippen LogP contribution is 2.41. The van der Waals surface area contributed by atoms with E-state index in [2.05, 4.69) is 45.3 Å². The molecule has 0 bridgehead atoms. The van der Waals surface area contributed by atoms with Crippen LogP contribution in [0, 0.1) is 0 Å². The highest BCUT2D eigenvalue weighted by atomic mass is 32.2. The van der Waals surface area contributed by atoms with E-state index in [1.54, 1.807) is 18.2 Å². The number of carbonyl (C=O) groups is 1. The van der Waals surface area contributed by atoms with Gasteiger partial charge in [-0.25, -0.2) is 13.1 Å².